The van der Waals surface area contributed by atoms with Crippen LogP contribution < -0.4 is 10.6 Å². The number of rotatable bonds is 5. The van der Waals surface area contributed by atoms with Crippen LogP contribution in [-0.4, -0.2) is 29.6 Å². The molecule has 0 aromatic heterocycles. The van der Waals surface area contributed by atoms with Gasteiger partial charge in [-0.1, -0.05) is 48.0 Å². The Bertz CT molecular complexity index is 707. The fourth-order valence-corrected chi connectivity index (χ4v) is 3.69. The molecule has 0 bridgehead atoms. The molecular weight excluding hydrogens is 350 g/mol. The summed E-state index contributed by atoms with van der Waals surface area (Å²) in [5, 5.41) is 7.88. The quantitative estimate of drug-likeness (QED) is 0.742. The van der Waals surface area contributed by atoms with Crippen molar-refractivity contribution in [2.75, 3.05) is 25.0 Å². The van der Waals surface area contributed by atoms with E-state index in [1.807, 2.05) is 24.3 Å². The monoisotopic (exact) mass is 373 g/mol. The van der Waals surface area contributed by atoms with Gasteiger partial charge in [-0.25, -0.2) is 0 Å². The number of halogens is 1. The number of hydrogen-bond donors (Lipinski definition) is 2. The lowest BCUT2D eigenvalue weighted by Gasteiger charge is -2.25. The molecular formula is C20H24ClN3S. The number of benzene rings is 2. The molecule has 1 aliphatic rings. The number of likely N-dealkylation sites (tertiary alicyclic amines) is 1. The zero-order valence-electron chi connectivity index (χ0n) is 14.4. The highest BCUT2D eigenvalue weighted by atomic mass is 35.5. The average Bonchev–Trinajstić information content (AvgIpc) is 3.09. The normalized spacial score (nSPS) is 18.7. The van der Waals surface area contributed by atoms with Crippen molar-refractivity contribution in [2.24, 2.45) is 5.92 Å². The van der Waals surface area contributed by atoms with Gasteiger partial charge in [-0.05, 0) is 61.8 Å². The topological polar surface area (TPSA) is 27.3 Å². The predicted molar refractivity (Wildman–Crippen MR) is 110 cm³/mol. The van der Waals surface area contributed by atoms with E-state index in [0.717, 1.165) is 25.3 Å². The van der Waals surface area contributed by atoms with Gasteiger partial charge in [0.25, 0.3) is 0 Å². The van der Waals surface area contributed by atoms with Crippen molar-refractivity contribution in [2.45, 2.75) is 19.4 Å². The van der Waals surface area contributed by atoms with Crippen molar-refractivity contribution in [1.82, 2.24) is 10.2 Å². The first-order valence-corrected chi connectivity index (χ1v) is 9.50. The minimum absolute atomic E-state index is 0.461. The summed E-state index contributed by atoms with van der Waals surface area (Å²) in [7, 11) is 0. The Balaban J connectivity index is 1.44. The van der Waals surface area contributed by atoms with Crippen LogP contribution in [0.3, 0.4) is 0 Å². The van der Waals surface area contributed by atoms with Crippen molar-refractivity contribution >= 4 is 34.6 Å². The SMILES string of the molecule is CC(c1ccccc1)N1CCC(CNC(=S)Nc2cccc(Cl)c2)C1. The fourth-order valence-electron chi connectivity index (χ4n) is 3.30. The van der Waals surface area contributed by atoms with E-state index in [1.54, 1.807) is 0 Å². The molecule has 0 spiro atoms. The maximum Gasteiger partial charge on any atom is 0.170 e. The summed E-state index contributed by atoms with van der Waals surface area (Å²) >= 11 is 11.4. The molecule has 1 heterocycles. The van der Waals surface area contributed by atoms with Crippen molar-refractivity contribution in [3.05, 3.63) is 65.2 Å². The average molecular weight is 374 g/mol. The lowest BCUT2D eigenvalue weighted by atomic mass is 10.1. The Kier molecular flexibility index (Phi) is 6.29. The maximum absolute atomic E-state index is 6.00. The summed E-state index contributed by atoms with van der Waals surface area (Å²) < 4.78 is 0. The van der Waals surface area contributed by atoms with Gasteiger partial charge in [0, 0.05) is 29.8 Å². The molecule has 2 N–H and O–H groups in total. The Morgan fingerprint density at radius 1 is 1.24 bits per heavy atom. The van der Waals surface area contributed by atoms with E-state index in [-0.39, 0.29) is 0 Å². The molecule has 0 saturated carbocycles. The third-order valence-electron chi connectivity index (χ3n) is 4.78. The van der Waals surface area contributed by atoms with Gasteiger partial charge in [-0.15, -0.1) is 0 Å². The zero-order valence-corrected chi connectivity index (χ0v) is 16.0. The third kappa shape index (κ3) is 5.18. The second-order valence-corrected chi connectivity index (χ2v) is 7.43. The van der Waals surface area contributed by atoms with Crippen LogP contribution >= 0.6 is 23.8 Å². The highest BCUT2D eigenvalue weighted by Gasteiger charge is 2.26. The summed E-state index contributed by atoms with van der Waals surface area (Å²) in [5.41, 5.74) is 2.30. The van der Waals surface area contributed by atoms with E-state index in [9.17, 15) is 0 Å². The Morgan fingerprint density at radius 3 is 2.80 bits per heavy atom. The Hall–Kier alpha value is -1.62. The molecule has 2 aromatic rings. The van der Waals surface area contributed by atoms with E-state index in [0.29, 0.717) is 22.1 Å². The van der Waals surface area contributed by atoms with Crippen molar-refractivity contribution in [1.29, 1.82) is 0 Å². The highest BCUT2D eigenvalue weighted by molar-refractivity contribution is 7.80. The van der Waals surface area contributed by atoms with Crippen LogP contribution in [-0.2, 0) is 0 Å². The van der Waals surface area contributed by atoms with Crippen LogP contribution in [0.4, 0.5) is 5.69 Å². The summed E-state index contributed by atoms with van der Waals surface area (Å²) in [6.07, 6.45) is 1.20. The van der Waals surface area contributed by atoms with Gasteiger partial charge in [0.1, 0.15) is 0 Å². The first kappa shape index (κ1) is 18.2. The van der Waals surface area contributed by atoms with Gasteiger partial charge < -0.3 is 10.6 Å². The summed E-state index contributed by atoms with van der Waals surface area (Å²) in [4.78, 5) is 2.55. The Morgan fingerprint density at radius 2 is 2.04 bits per heavy atom. The fraction of sp³-hybridized carbons (Fsp3) is 0.350. The van der Waals surface area contributed by atoms with Crippen LogP contribution in [0.15, 0.2) is 54.6 Å². The first-order valence-electron chi connectivity index (χ1n) is 8.71. The molecule has 5 heteroatoms. The van der Waals surface area contributed by atoms with Gasteiger partial charge in [0.05, 0.1) is 0 Å². The van der Waals surface area contributed by atoms with Crippen LogP contribution in [0.2, 0.25) is 5.02 Å². The van der Waals surface area contributed by atoms with Gasteiger partial charge in [0.2, 0.25) is 0 Å². The van der Waals surface area contributed by atoms with Gasteiger partial charge in [0.15, 0.2) is 5.11 Å². The van der Waals surface area contributed by atoms with Gasteiger partial charge >= 0.3 is 0 Å². The molecule has 1 aliphatic heterocycles. The number of nitrogens with zero attached hydrogens (tertiary/aromatic N) is 1. The third-order valence-corrected chi connectivity index (χ3v) is 5.26. The molecule has 0 amide bonds. The minimum atomic E-state index is 0.461. The summed E-state index contributed by atoms with van der Waals surface area (Å²) in [6, 6.07) is 18.8. The summed E-state index contributed by atoms with van der Waals surface area (Å²) in [6.45, 7) is 5.42. The summed E-state index contributed by atoms with van der Waals surface area (Å²) in [5.74, 6) is 0.616. The van der Waals surface area contributed by atoms with E-state index in [1.165, 1.54) is 12.0 Å². The van der Waals surface area contributed by atoms with E-state index in [4.69, 9.17) is 23.8 Å². The molecule has 0 radical (unpaired) electrons. The minimum Gasteiger partial charge on any atom is -0.362 e. The van der Waals surface area contributed by atoms with E-state index >= 15 is 0 Å². The second-order valence-electron chi connectivity index (χ2n) is 6.58. The molecule has 2 atom stereocenters. The second kappa shape index (κ2) is 8.65. The lowest BCUT2D eigenvalue weighted by molar-refractivity contribution is 0.253. The predicted octanol–water partition coefficient (Wildman–Crippen LogP) is 4.71. The number of hydrogen-bond acceptors (Lipinski definition) is 2. The largest absolute Gasteiger partial charge is 0.362 e. The molecule has 3 nitrogen and oxygen atoms in total. The molecule has 2 unspecified atom stereocenters. The molecule has 1 fully saturated rings. The van der Waals surface area contributed by atoms with Crippen LogP contribution in [0, 0.1) is 5.92 Å². The highest BCUT2D eigenvalue weighted by Crippen LogP contribution is 2.26. The number of thiocarbonyl (C=S) groups is 1. The molecule has 3 rings (SSSR count). The molecule has 1 saturated heterocycles. The van der Waals surface area contributed by atoms with E-state index in [2.05, 4.69) is 52.8 Å². The Labute approximate surface area is 160 Å². The standard InChI is InChI=1S/C20H24ClN3S/c1-15(17-6-3-2-4-7-17)24-11-10-16(14-24)13-22-20(25)23-19-9-5-8-18(21)12-19/h2-9,12,15-16H,10-11,13-14H2,1H3,(H2,22,23,25). The molecule has 25 heavy (non-hydrogen) atoms. The van der Waals surface area contributed by atoms with Crippen molar-refractivity contribution < 1.29 is 0 Å². The molecule has 2 aromatic carbocycles. The smallest absolute Gasteiger partial charge is 0.170 e. The first-order chi connectivity index (χ1) is 12.1. The maximum atomic E-state index is 6.00. The van der Waals surface area contributed by atoms with Crippen molar-refractivity contribution in [3.8, 4) is 0 Å². The molecule has 132 valence electrons. The van der Waals surface area contributed by atoms with Crippen molar-refractivity contribution in [3.63, 3.8) is 0 Å². The van der Waals surface area contributed by atoms with E-state index < -0.39 is 0 Å². The number of anilines is 1. The van der Waals surface area contributed by atoms with Gasteiger partial charge in [-0.2, -0.15) is 0 Å². The van der Waals surface area contributed by atoms with Crippen LogP contribution in [0.25, 0.3) is 0 Å². The van der Waals surface area contributed by atoms with Crippen LogP contribution in [0.1, 0.15) is 24.9 Å². The lowest BCUT2D eigenvalue weighted by Crippen LogP contribution is -2.34. The molecule has 0 aliphatic carbocycles. The van der Waals surface area contributed by atoms with Crippen LogP contribution in [0.5, 0.6) is 0 Å². The number of nitrogens with one attached hydrogen (secondary N) is 2. The van der Waals surface area contributed by atoms with Gasteiger partial charge in [-0.3, -0.25) is 4.90 Å². The zero-order chi connectivity index (χ0) is 17.6.